The minimum atomic E-state index is -1.10. The molecule has 0 bridgehead atoms. The summed E-state index contributed by atoms with van der Waals surface area (Å²) in [6, 6.07) is 6.13. The number of aromatic nitrogens is 3. The summed E-state index contributed by atoms with van der Waals surface area (Å²) >= 11 is 0. The number of hydrogen-bond donors (Lipinski definition) is 1. The van der Waals surface area contributed by atoms with Crippen molar-refractivity contribution in [3.05, 3.63) is 47.3 Å². The fraction of sp³-hybridized carbons (Fsp3) is 0.353. The molecule has 1 atom stereocenters. The lowest BCUT2D eigenvalue weighted by molar-refractivity contribution is -0.143. The Morgan fingerprint density at radius 2 is 2.00 bits per heavy atom. The molecule has 1 aromatic heterocycles. The van der Waals surface area contributed by atoms with Gasteiger partial charge in [0.05, 0.1) is 6.20 Å². The Morgan fingerprint density at radius 3 is 2.69 bits per heavy atom. The van der Waals surface area contributed by atoms with Crippen molar-refractivity contribution >= 4 is 17.8 Å². The van der Waals surface area contributed by atoms with Crippen molar-refractivity contribution in [2.75, 3.05) is 20.6 Å². The molecule has 1 aliphatic heterocycles. The highest BCUT2D eigenvalue weighted by molar-refractivity contribution is 5.95. The average molecular weight is 357 g/mol. The van der Waals surface area contributed by atoms with Crippen LogP contribution in [0.15, 0.2) is 30.5 Å². The van der Waals surface area contributed by atoms with E-state index in [4.69, 9.17) is 0 Å². The highest BCUT2D eigenvalue weighted by Gasteiger charge is 2.37. The van der Waals surface area contributed by atoms with Crippen LogP contribution >= 0.6 is 0 Å². The molecule has 9 nitrogen and oxygen atoms in total. The number of carboxylic acid groups (broad SMARTS) is 1. The van der Waals surface area contributed by atoms with Gasteiger partial charge < -0.3 is 14.9 Å². The lowest BCUT2D eigenvalue weighted by atomic mass is 9.92. The predicted molar refractivity (Wildman–Crippen MR) is 90.3 cm³/mol. The average Bonchev–Trinajstić information content (AvgIpc) is 3.08. The fourth-order valence-corrected chi connectivity index (χ4v) is 2.95. The van der Waals surface area contributed by atoms with Gasteiger partial charge in [-0.15, -0.1) is 5.10 Å². The molecule has 9 heteroatoms. The fourth-order valence-electron chi connectivity index (χ4n) is 2.95. The standard InChI is InChI=1S/C17H19N5O4/c1-20(2)14(23)10-21-9-13(18-19-21)16(24)22-8-7-11-5-3-4-6-12(11)15(22)17(25)26/h3-6,9,15H,7-8,10H2,1-2H3,(H,25,26). The van der Waals surface area contributed by atoms with Crippen LogP contribution in [0.25, 0.3) is 0 Å². The second-order valence-electron chi connectivity index (χ2n) is 6.28. The molecular formula is C17H19N5O4. The van der Waals surface area contributed by atoms with Crippen LogP contribution in [-0.2, 0) is 22.6 Å². The second-order valence-corrected chi connectivity index (χ2v) is 6.28. The zero-order chi connectivity index (χ0) is 18.8. The highest BCUT2D eigenvalue weighted by atomic mass is 16.4. The van der Waals surface area contributed by atoms with Crippen LogP contribution < -0.4 is 0 Å². The molecule has 1 aromatic carbocycles. The molecule has 0 aliphatic carbocycles. The van der Waals surface area contributed by atoms with Crippen LogP contribution in [0.1, 0.15) is 27.7 Å². The number of amides is 2. The number of aliphatic carboxylic acids is 1. The maximum atomic E-state index is 12.8. The molecule has 2 aromatic rings. The van der Waals surface area contributed by atoms with E-state index in [0.717, 1.165) is 5.56 Å². The number of fused-ring (bicyclic) bond motifs is 1. The SMILES string of the molecule is CN(C)C(=O)Cn1cc(C(=O)N2CCc3ccccc3C2C(=O)O)nn1. The molecule has 0 radical (unpaired) electrons. The van der Waals surface area contributed by atoms with Crippen molar-refractivity contribution in [2.45, 2.75) is 19.0 Å². The number of carbonyl (C=O) groups excluding carboxylic acids is 2. The Balaban J connectivity index is 1.85. The molecule has 3 rings (SSSR count). The Bertz CT molecular complexity index is 860. The number of benzene rings is 1. The summed E-state index contributed by atoms with van der Waals surface area (Å²) in [6.45, 7) is 0.231. The largest absolute Gasteiger partial charge is 0.479 e. The minimum absolute atomic E-state index is 0.0159. The van der Waals surface area contributed by atoms with E-state index in [-0.39, 0.29) is 24.7 Å². The molecule has 1 N–H and O–H groups in total. The Labute approximate surface area is 149 Å². The zero-order valence-corrected chi connectivity index (χ0v) is 14.5. The number of carbonyl (C=O) groups is 3. The summed E-state index contributed by atoms with van der Waals surface area (Å²) in [5.74, 6) is -1.81. The van der Waals surface area contributed by atoms with Gasteiger partial charge in [-0.25, -0.2) is 9.48 Å². The summed E-state index contributed by atoms with van der Waals surface area (Å²) in [5.41, 5.74) is 1.54. The van der Waals surface area contributed by atoms with Gasteiger partial charge in [-0.1, -0.05) is 29.5 Å². The van der Waals surface area contributed by atoms with Gasteiger partial charge in [0.1, 0.15) is 6.54 Å². The second kappa shape index (κ2) is 6.95. The van der Waals surface area contributed by atoms with Crippen molar-refractivity contribution < 1.29 is 19.5 Å². The highest BCUT2D eigenvalue weighted by Crippen LogP contribution is 2.30. The van der Waals surface area contributed by atoms with E-state index in [1.165, 1.54) is 20.7 Å². The monoisotopic (exact) mass is 357 g/mol. The molecule has 136 valence electrons. The van der Waals surface area contributed by atoms with Crippen LogP contribution in [0.2, 0.25) is 0 Å². The first kappa shape index (κ1) is 17.6. The van der Waals surface area contributed by atoms with Crippen LogP contribution in [0, 0.1) is 0 Å². The first-order valence-corrected chi connectivity index (χ1v) is 8.10. The van der Waals surface area contributed by atoms with Crippen LogP contribution in [0.3, 0.4) is 0 Å². The van der Waals surface area contributed by atoms with E-state index in [9.17, 15) is 19.5 Å². The maximum absolute atomic E-state index is 12.8. The number of nitrogens with zero attached hydrogens (tertiary/aromatic N) is 5. The van der Waals surface area contributed by atoms with E-state index >= 15 is 0 Å². The van der Waals surface area contributed by atoms with Gasteiger partial charge in [0.2, 0.25) is 5.91 Å². The summed E-state index contributed by atoms with van der Waals surface area (Å²) in [5, 5.41) is 17.3. The third-order valence-electron chi connectivity index (χ3n) is 4.33. The van der Waals surface area contributed by atoms with Crippen molar-refractivity contribution in [3.8, 4) is 0 Å². The van der Waals surface area contributed by atoms with Crippen LogP contribution in [-0.4, -0.2) is 68.3 Å². The minimum Gasteiger partial charge on any atom is -0.479 e. The third-order valence-corrected chi connectivity index (χ3v) is 4.33. The predicted octanol–water partition coefficient (Wildman–Crippen LogP) is 0.190. The normalized spacial score (nSPS) is 16.1. The van der Waals surface area contributed by atoms with Crippen LogP contribution in [0.5, 0.6) is 0 Å². The van der Waals surface area contributed by atoms with Crippen molar-refractivity contribution in [2.24, 2.45) is 0 Å². The number of likely N-dealkylation sites (N-methyl/N-ethyl adjacent to an activating group) is 1. The van der Waals surface area contributed by atoms with Crippen molar-refractivity contribution in [3.63, 3.8) is 0 Å². The van der Waals surface area contributed by atoms with E-state index in [2.05, 4.69) is 10.3 Å². The Kier molecular flexibility index (Phi) is 4.70. The summed E-state index contributed by atoms with van der Waals surface area (Å²) in [4.78, 5) is 39.0. The smallest absolute Gasteiger partial charge is 0.331 e. The number of rotatable bonds is 4. The van der Waals surface area contributed by atoms with E-state index in [1.807, 2.05) is 12.1 Å². The first-order valence-electron chi connectivity index (χ1n) is 8.10. The van der Waals surface area contributed by atoms with Gasteiger partial charge in [-0.3, -0.25) is 9.59 Å². The van der Waals surface area contributed by atoms with Gasteiger partial charge in [-0.05, 0) is 17.5 Å². The zero-order valence-electron chi connectivity index (χ0n) is 14.5. The number of hydrogen-bond acceptors (Lipinski definition) is 5. The van der Waals surface area contributed by atoms with Crippen molar-refractivity contribution in [1.29, 1.82) is 0 Å². The summed E-state index contributed by atoms with van der Waals surface area (Å²) < 4.78 is 1.27. The van der Waals surface area contributed by atoms with Gasteiger partial charge >= 0.3 is 5.97 Å². The van der Waals surface area contributed by atoms with Gasteiger partial charge in [0.15, 0.2) is 11.7 Å². The number of carboxylic acids is 1. The summed E-state index contributed by atoms with van der Waals surface area (Å²) in [6.07, 6.45) is 1.93. The van der Waals surface area contributed by atoms with Crippen LogP contribution in [0.4, 0.5) is 0 Å². The van der Waals surface area contributed by atoms with E-state index < -0.39 is 17.9 Å². The molecule has 1 aliphatic rings. The molecule has 0 fully saturated rings. The Hall–Kier alpha value is -3.23. The quantitative estimate of drug-likeness (QED) is 0.837. The van der Waals surface area contributed by atoms with Gasteiger partial charge in [-0.2, -0.15) is 0 Å². The molecule has 0 saturated heterocycles. The maximum Gasteiger partial charge on any atom is 0.331 e. The topological polar surface area (TPSA) is 109 Å². The van der Waals surface area contributed by atoms with E-state index in [0.29, 0.717) is 12.0 Å². The van der Waals surface area contributed by atoms with Gasteiger partial charge in [0.25, 0.3) is 5.91 Å². The molecule has 0 saturated carbocycles. The Morgan fingerprint density at radius 1 is 1.27 bits per heavy atom. The third kappa shape index (κ3) is 3.28. The van der Waals surface area contributed by atoms with Crippen molar-refractivity contribution in [1.82, 2.24) is 24.8 Å². The molecule has 1 unspecified atom stereocenters. The lowest BCUT2D eigenvalue weighted by Gasteiger charge is -2.34. The first-order chi connectivity index (χ1) is 12.4. The molecular weight excluding hydrogens is 338 g/mol. The molecule has 2 heterocycles. The lowest BCUT2D eigenvalue weighted by Crippen LogP contribution is -2.43. The summed E-state index contributed by atoms with van der Waals surface area (Å²) in [7, 11) is 3.24. The molecule has 26 heavy (non-hydrogen) atoms. The van der Waals surface area contributed by atoms with Gasteiger partial charge in [0, 0.05) is 20.6 Å². The molecule has 0 spiro atoms. The molecule has 2 amide bonds. The van der Waals surface area contributed by atoms with E-state index in [1.54, 1.807) is 26.2 Å².